The first kappa shape index (κ1) is 20.7. The van der Waals surface area contributed by atoms with Crippen molar-refractivity contribution in [3.05, 3.63) is 53.6 Å². The number of sulfonamides is 1. The molecule has 2 aliphatic heterocycles. The number of ether oxygens (including phenoxy) is 1. The van der Waals surface area contributed by atoms with Crippen LogP contribution in [0.5, 0.6) is 5.75 Å². The Morgan fingerprint density at radius 2 is 1.73 bits per heavy atom. The maximum atomic E-state index is 13.3. The number of hydrogen-bond donors (Lipinski definition) is 0. The first-order chi connectivity index (χ1) is 14.2. The summed E-state index contributed by atoms with van der Waals surface area (Å²) in [5.41, 5.74) is 1.70. The highest BCUT2D eigenvalue weighted by molar-refractivity contribution is 7.93. The van der Waals surface area contributed by atoms with Gasteiger partial charge in [0, 0.05) is 19.6 Å². The molecule has 0 unspecified atom stereocenters. The second-order valence-electron chi connectivity index (χ2n) is 7.26. The molecule has 30 heavy (non-hydrogen) atoms. The standard InChI is InChI=1S/C20H22N2O6S2/c1-28-19-7-6-16(14-17(19)20(23)21-10-12-29(24,25)13-11-21)30(26,27)22-9-8-15-4-2-3-5-18(15)22/h2-7,14H,8-13H2,1H3. The number of methoxy groups -OCH3 is 1. The van der Waals surface area contributed by atoms with Gasteiger partial charge in [0.1, 0.15) is 5.75 Å². The van der Waals surface area contributed by atoms with E-state index < -0.39 is 25.8 Å². The van der Waals surface area contributed by atoms with Crippen LogP contribution in [0, 0.1) is 0 Å². The lowest BCUT2D eigenvalue weighted by molar-refractivity contribution is 0.0766. The third-order valence-electron chi connectivity index (χ3n) is 5.47. The van der Waals surface area contributed by atoms with Gasteiger partial charge in [-0.15, -0.1) is 0 Å². The molecule has 1 saturated heterocycles. The second kappa shape index (κ2) is 7.59. The lowest BCUT2D eigenvalue weighted by Crippen LogP contribution is -2.43. The van der Waals surface area contributed by atoms with Crippen LogP contribution in [0.15, 0.2) is 47.4 Å². The molecule has 0 aliphatic carbocycles. The Bertz CT molecular complexity index is 1190. The zero-order valence-corrected chi connectivity index (χ0v) is 18.1. The molecule has 8 nitrogen and oxygen atoms in total. The van der Waals surface area contributed by atoms with Crippen LogP contribution in [0.1, 0.15) is 15.9 Å². The molecule has 0 radical (unpaired) electrons. The van der Waals surface area contributed by atoms with Gasteiger partial charge in [0.05, 0.1) is 34.8 Å². The number of carbonyl (C=O) groups excluding carboxylic acids is 1. The summed E-state index contributed by atoms with van der Waals surface area (Å²) in [6.07, 6.45) is 0.625. The molecular formula is C20H22N2O6S2. The second-order valence-corrected chi connectivity index (χ2v) is 11.4. The Balaban J connectivity index is 1.69. The minimum atomic E-state index is -3.87. The van der Waals surface area contributed by atoms with E-state index in [9.17, 15) is 21.6 Å². The predicted octanol–water partition coefficient (Wildman–Crippen LogP) is 1.32. The van der Waals surface area contributed by atoms with Gasteiger partial charge in [0.15, 0.2) is 9.84 Å². The van der Waals surface area contributed by atoms with Crippen molar-refractivity contribution in [2.75, 3.05) is 42.6 Å². The minimum absolute atomic E-state index is 0.00650. The molecule has 0 spiro atoms. The van der Waals surface area contributed by atoms with E-state index in [1.165, 1.54) is 34.5 Å². The van der Waals surface area contributed by atoms with Crippen LogP contribution < -0.4 is 9.04 Å². The van der Waals surface area contributed by atoms with E-state index in [-0.39, 0.29) is 40.8 Å². The zero-order valence-electron chi connectivity index (χ0n) is 16.4. The summed E-state index contributed by atoms with van der Waals surface area (Å²) in [6, 6.07) is 11.5. The van der Waals surface area contributed by atoms with Gasteiger partial charge in [0.25, 0.3) is 15.9 Å². The number of carbonyl (C=O) groups is 1. The number of hydrogen-bond acceptors (Lipinski definition) is 6. The van der Waals surface area contributed by atoms with E-state index in [1.807, 2.05) is 12.1 Å². The molecule has 160 valence electrons. The molecule has 0 aromatic heterocycles. The number of nitrogens with zero attached hydrogens (tertiary/aromatic N) is 2. The molecule has 10 heteroatoms. The summed E-state index contributed by atoms with van der Waals surface area (Å²) < 4.78 is 56.6. The van der Waals surface area contributed by atoms with Crippen LogP contribution in [0.2, 0.25) is 0 Å². The zero-order chi connectivity index (χ0) is 21.5. The maximum absolute atomic E-state index is 13.3. The SMILES string of the molecule is COc1ccc(S(=O)(=O)N2CCc3ccccc32)cc1C(=O)N1CCS(=O)(=O)CC1. The molecule has 2 aromatic carbocycles. The summed E-state index contributed by atoms with van der Waals surface area (Å²) in [5.74, 6) is -0.414. The summed E-state index contributed by atoms with van der Waals surface area (Å²) in [4.78, 5) is 14.4. The van der Waals surface area contributed by atoms with Gasteiger partial charge >= 0.3 is 0 Å². The van der Waals surface area contributed by atoms with Crippen molar-refractivity contribution in [1.82, 2.24) is 4.90 Å². The number of rotatable bonds is 4. The molecule has 0 N–H and O–H groups in total. The number of sulfone groups is 1. The first-order valence-corrected chi connectivity index (χ1v) is 12.8. The quantitative estimate of drug-likeness (QED) is 0.696. The van der Waals surface area contributed by atoms with Crippen molar-refractivity contribution in [2.24, 2.45) is 0 Å². The van der Waals surface area contributed by atoms with Crippen molar-refractivity contribution in [2.45, 2.75) is 11.3 Å². The lowest BCUT2D eigenvalue weighted by atomic mass is 10.1. The molecule has 1 amide bonds. The smallest absolute Gasteiger partial charge is 0.264 e. The lowest BCUT2D eigenvalue weighted by Gasteiger charge is -2.27. The maximum Gasteiger partial charge on any atom is 0.264 e. The van der Waals surface area contributed by atoms with E-state index in [0.717, 1.165) is 5.56 Å². The molecule has 0 atom stereocenters. The van der Waals surface area contributed by atoms with Crippen LogP contribution in [0.3, 0.4) is 0 Å². The highest BCUT2D eigenvalue weighted by atomic mass is 32.2. The van der Waals surface area contributed by atoms with Crippen molar-refractivity contribution >= 4 is 31.5 Å². The van der Waals surface area contributed by atoms with Crippen LogP contribution in [-0.2, 0) is 26.3 Å². The van der Waals surface area contributed by atoms with Crippen LogP contribution in [0.25, 0.3) is 0 Å². The van der Waals surface area contributed by atoms with Gasteiger partial charge in [0.2, 0.25) is 0 Å². The fraction of sp³-hybridized carbons (Fsp3) is 0.350. The number of para-hydroxylation sites is 1. The van der Waals surface area contributed by atoms with E-state index in [1.54, 1.807) is 12.1 Å². The topological polar surface area (TPSA) is 101 Å². The molecule has 1 fully saturated rings. The van der Waals surface area contributed by atoms with E-state index in [2.05, 4.69) is 0 Å². The van der Waals surface area contributed by atoms with Gasteiger partial charge < -0.3 is 9.64 Å². The summed E-state index contributed by atoms with van der Waals surface area (Å²) >= 11 is 0. The van der Waals surface area contributed by atoms with Crippen molar-refractivity contribution in [1.29, 1.82) is 0 Å². The van der Waals surface area contributed by atoms with Crippen molar-refractivity contribution in [3.8, 4) is 5.75 Å². The molecule has 2 aromatic rings. The molecule has 2 aliphatic rings. The van der Waals surface area contributed by atoms with Gasteiger partial charge in [-0.2, -0.15) is 0 Å². The highest BCUT2D eigenvalue weighted by Gasteiger charge is 2.33. The van der Waals surface area contributed by atoms with Crippen molar-refractivity contribution in [3.63, 3.8) is 0 Å². The Kier molecular flexibility index (Phi) is 5.23. The fourth-order valence-corrected chi connectivity index (χ4v) is 6.52. The van der Waals surface area contributed by atoms with Crippen LogP contribution in [-0.4, -0.2) is 65.9 Å². The highest BCUT2D eigenvalue weighted by Crippen LogP contribution is 2.34. The first-order valence-electron chi connectivity index (χ1n) is 9.51. The summed E-state index contributed by atoms with van der Waals surface area (Å²) in [7, 11) is -5.62. The number of anilines is 1. The van der Waals surface area contributed by atoms with Gasteiger partial charge in [-0.25, -0.2) is 16.8 Å². The third kappa shape index (κ3) is 3.65. The minimum Gasteiger partial charge on any atom is -0.496 e. The Labute approximate surface area is 176 Å². The van der Waals surface area contributed by atoms with Gasteiger partial charge in [-0.1, -0.05) is 18.2 Å². The molecule has 0 saturated carbocycles. The average Bonchev–Trinajstić information content (AvgIpc) is 3.18. The molecule has 2 heterocycles. The fourth-order valence-electron chi connectivity index (χ4n) is 3.79. The van der Waals surface area contributed by atoms with Crippen LogP contribution in [0.4, 0.5) is 5.69 Å². The van der Waals surface area contributed by atoms with E-state index in [0.29, 0.717) is 18.7 Å². The van der Waals surface area contributed by atoms with Gasteiger partial charge in [-0.05, 0) is 36.2 Å². The van der Waals surface area contributed by atoms with Crippen LogP contribution >= 0.6 is 0 Å². The normalized spacial score (nSPS) is 18.2. The monoisotopic (exact) mass is 450 g/mol. The number of amides is 1. The summed E-state index contributed by atoms with van der Waals surface area (Å²) in [6.45, 7) is 0.475. The predicted molar refractivity (Wildman–Crippen MR) is 112 cm³/mol. The molecule has 4 rings (SSSR count). The van der Waals surface area contributed by atoms with E-state index in [4.69, 9.17) is 4.74 Å². The summed E-state index contributed by atoms with van der Waals surface area (Å²) in [5, 5.41) is 0. The largest absolute Gasteiger partial charge is 0.496 e. The van der Waals surface area contributed by atoms with E-state index >= 15 is 0 Å². The molecular weight excluding hydrogens is 428 g/mol. The molecule has 0 bridgehead atoms. The number of benzene rings is 2. The Morgan fingerprint density at radius 1 is 1.03 bits per heavy atom. The van der Waals surface area contributed by atoms with Crippen molar-refractivity contribution < 1.29 is 26.4 Å². The Morgan fingerprint density at radius 3 is 2.43 bits per heavy atom. The Hall–Kier alpha value is -2.59. The third-order valence-corrected chi connectivity index (χ3v) is 8.88. The number of fused-ring (bicyclic) bond motifs is 1. The van der Waals surface area contributed by atoms with Gasteiger partial charge in [-0.3, -0.25) is 9.10 Å². The average molecular weight is 451 g/mol.